The number of hydrogen-bond donors (Lipinski definition) is 0. The highest BCUT2D eigenvalue weighted by atomic mass is 15.1. The minimum absolute atomic E-state index is 0.0643. The molecule has 10 rings (SSSR count). The number of fused-ring (bicyclic) bond motifs is 8. The fourth-order valence-electron chi connectivity index (χ4n) is 9.05. The first-order valence-corrected chi connectivity index (χ1v) is 19.4. The van der Waals surface area contributed by atoms with Gasteiger partial charge in [-0.3, -0.25) is 0 Å². The molecule has 0 atom stereocenters. The molecule has 0 spiro atoms. The van der Waals surface area contributed by atoms with Gasteiger partial charge in [-0.15, -0.1) is 0 Å². The quantitative estimate of drug-likeness (QED) is 0.173. The van der Waals surface area contributed by atoms with Gasteiger partial charge in [-0.05, 0) is 104 Å². The Morgan fingerprint density at radius 3 is 1.62 bits per heavy atom. The number of aromatic nitrogens is 1. The topological polar surface area (TPSA) is 8.17 Å². The molecule has 0 amide bonds. The van der Waals surface area contributed by atoms with Crippen molar-refractivity contribution in [2.24, 2.45) is 0 Å². The van der Waals surface area contributed by atoms with Crippen molar-refractivity contribution in [3.05, 3.63) is 193 Å². The van der Waals surface area contributed by atoms with Gasteiger partial charge in [-0.25, -0.2) is 0 Å². The summed E-state index contributed by atoms with van der Waals surface area (Å²) in [5.41, 5.74) is 16.1. The fraction of sp³-hybridized carbons (Fsp3) is 0.132. The zero-order chi connectivity index (χ0) is 37.5. The monoisotopic (exact) mass is 708 g/mol. The molecule has 0 saturated carbocycles. The van der Waals surface area contributed by atoms with Crippen LogP contribution in [0.25, 0.3) is 60.5 Å². The lowest BCUT2D eigenvalue weighted by atomic mass is 9.81. The first-order valence-electron chi connectivity index (χ1n) is 19.4. The Hall–Kier alpha value is -6.38. The lowest BCUT2D eigenvalue weighted by molar-refractivity contribution is 0.590. The Morgan fingerprint density at radius 1 is 0.473 bits per heavy atom. The summed E-state index contributed by atoms with van der Waals surface area (Å²) in [5, 5.41) is 5.08. The van der Waals surface area contributed by atoms with Crippen molar-refractivity contribution in [2.45, 2.75) is 45.4 Å². The van der Waals surface area contributed by atoms with Crippen LogP contribution in [0.3, 0.4) is 0 Å². The van der Waals surface area contributed by atoms with Crippen LogP contribution in [0.1, 0.15) is 51.3 Å². The van der Waals surface area contributed by atoms with Gasteiger partial charge in [-0.1, -0.05) is 156 Å². The zero-order valence-corrected chi connectivity index (χ0v) is 32.1. The second-order valence-corrected chi connectivity index (χ2v) is 16.6. The zero-order valence-electron chi connectivity index (χ0n) is 32.1. The molecule has 55 heavy (non-hydrogen) atoms. The molecule has 2 nitrogen and oxygen atoms in total. The van der Waals surface area contributed by atoms with E-state index in [0.29, 0.717) is 0 Å². The van der Waals surface area contributed by atoms with Gasteiger partial charge in [0.2, 0.25) is 0 Å². The third kappa shape index (κ3) is 5.23. The molecule has 1 aliphatic carbocycles. The second kappa shape index (κ2) is 12.3. The van der Waals surface area contributed by atoms with Crippen molar-refractivity contribution in [2.75, 3.05) is 4.90 Å². The maximum Gasteiger partial charge on any atom is 0.0543 e. The molecule has 0 N–H and O–H groups in total. The summed E-state index contributed by atoms with van der Waals surface area (Å²) >= 11 is 0. The molecule has 1 heterocycles. The minimum Gasteiger partial charge on any atom is -0.310 e. The van der Waals surface area contributed by atoms with E-state index >= 15 is 0 Å². The lowest BCUT2D eigenvalue weighted by Gasteiger charge is -2.30. The second-order valence-electron chi connectivity index (χ2n) is 16.6. The minimum atomic E-state index is -0.239. The largest absolute Gasteiger partial charge is 0.310 e. The van der Waals surface area contributed by atoms with Crippen molar-refractivity contribution in [3.8, 4) is 27.9 Å². The predicted octanol–water partition coefficient (Wildman–Crippen LogP) is 14.7. The molecule has 1 aromatic heterocycles. The van der Waals surface area contributed by atoms with Crippen LogP contribution in [0.5, 0.6) is 0 Å². The van der Waals surface area contributed by atoms with Gasteiger partial charge in [0, 0.05) is 38.6 Å². The average molecular weight is 709 g/mol. The Bertz CT molecular complexity index is 2850. The number of benzene rings is 8. The van der Waals surface area contributed by atoms with Gasteiger partial charge < -0.3 is 9.47 Å². The van der Waals surface area contributed by atoms with Gasteiger partial charge in [0.25, 0.3) is 0 Å². The maximum atomic E-state index is 2.49. The van der Waals surface area contributed by atoms with Gasteiger partial charge in [-0.2, -0.15) is 0 Å². The van der Waals surface area contributed by atoms with Gasteiger partial charge in [0.15, 0.2) is 0 Å². The Labute approximate surface area is 323 Å². The third-order valence-corrected chi connectivity index (χ3v) is 11.9. The molecule has 0 radical (unpaired) electrons. The molecule has 266 valence electrons. The highest BCUT2D eigenvalue weighted by Gasteiger charge is 2.38. The molecule has 2 heteroatoms. The van der Waals surface area contributed by atoms with Crippen molar-refractivity contribution in [1.82, 2.24) is 4.57 Å². The molecule has 0 saturated heterocycles. The number of rotatable bonds is 5. The molecule has 0 unspecified atom stereocenters. The first-order chi connectivity index (χ1) is 26.7. The highest BCUT2D eigenvalue weighted by Crippen LogP contribution is 2.55. The molecule has 0 fully saturated rings. The molecule has 9 aromatic rings. The summed E-state index contributed by atoms with van der Waals surface area (Å²) in [4.78, 5) is 2.46. The SMILES string of the molecule is CC(C)(C)c1ccc(N(c2ccc(-c3ccccc3)cc2)c2cc3c(c4ccccc24)-c2ccc(-n4c5ccccc5c5ccccc54)cc2C3(C)C)cc1. The standard InChI is InChI=1S/C53H44N2/c1-52(2,3)37-25-29-39(30-26-37)54(38-27-23-36(24-28-38)35-15-7-6-8-16-35)50-34-47-51(44-20-10-9-19-43(44)50)45-32-31-40(33-46(45)53(47,4)5)55-48-21-13-11-17-41(48)42-18-12-14-22-49(42)55/h6-34H,1-5H3. The number of para-hydroxylation sites is 2. The van der Waals surface area contributed by atoms with E-state index in [1.807, 2.05) is 0 Å². The summed E-state index contributed by atoms with van der Waals surface area (Å²) in [5.74, 6) is 0. The van der Waals surface area contributed by atoms with Crippen LogP contribution < -0.4 is 4.90 Å². The van der Waals surface area contributed by atoms with Crippen LogP contribution in [-0.2, 0) is 10.8 Å². The molecular formula is C53H44N2. The van der Waals surface area contributed by atoms with Crippen molar-refractivity contribution in [1.29, 1.82) is 0 Å². The van der Waals surface area contributed by atoms with Gasteiger partial charge in [0.05, 0.1) is 16.7 Å². The van der Waals surface area contributed by atoms with E-state index < -0.39 is 0 Å². The van der Waals surface area contributed by atoms with Crippen LogP contribution in [-0.4, -0.2) is 4.57 Å². The van der Waals surface area contributed by atoms with E-state index in [0.717, 1.165) is 11.4 Å². The average Bonchev–Trinajstić information content (AvgIpc) is 3.66. The summed E-state index contributed by atoms with van der Waals surface area (Å²) < 4.78 is 2.44. The Kier molecular flexibility index (Phi) is 7.44. The summed E-state index contributed by atoms with van der Waals surface area (Å²) in [6.45, 7) is 11.7. The molecule has 8 aromatic carbocycles. The van der Waals surface area contributed by atoms with Crippen LogP contribution >= 0.6 is 0 Å². The van der Waals surface area contributed by atoms with Crippen LogP contribution in [0, 0.1) is 0 Å². The van der Waals surface area contributed by atoms with Crippen molar-refractivity contribution in [3.63, 3.8) is 0 Å². The normalized spacial score (nSPS) is 13.3. The van der Waals surface area contributed by atoms with E-state index in [9.17, 15) is 0 Å². The van der Waals surface area contributed by atoms with Crippen LogP contribution in [0.15, 0.2) is 176 Å². The number of anilines is 3. The van der Waals surface area contributed by atoms with Gasteiger partial charge in [0.1, 0.15) is 0 Å². The van der Waals surface area contributed by atoms with Gasteiger partial charge >= 0.3 is 0 Å². The van der Waals surface area contributed by atoms with Crippen molar-refractivity contribution < 1.29 is 0 Å². The van der Waals surface area contributed by atoms with Crippen LogP contribution in [0.2, 0.25) is 0 Å². The smallest absolute Gasteiger partial charge is 0.0543 e. The molecular weight excluding hydrogens is 665 g/mol. The third-order valence-electron chi connectivity index (χ3n) is 11.9. The van der Waals surface area contributed by atoms with E-state index in [-0.39, 0.29) is 10.8 Å². The van der Waals surface area contributed by atoms with E-state index in [2.05, 4.69) is 220 Å². The highest BCUT2D eigenvalue weighted by molar-refractivity contribution is 6.11. The molecule has 0 aliphatic heterocycles. The van der Waals surface area contributed by atoms with E-state index in [1.165, 1.54) is 82.9 Å². The first kappa shape index (κ1) is 33.2. The summed E-state index contributed by atoms with van der Waals surface area (Å²) in [7, 11) is 0. The lowest BCUT2D eigenvalue weighted by Crippen LogP contribution is -2.17. The maximum absolute atomic E-state index is 2.49. The Morgan fingerprint density at radius 2 is 1.00 bits per heavy atom. The van der Waals surface area contributed by atoms with E-state index in [4.69, 9.17) is 0 Å². The number of nitrogens with zero attached hydrogens (tertiary/aromatic N) is 2. The number of hydrogen-bond acceptors (Lipinski definition) is 1. The van der Waals surface area contributed by atoms with E-state index in [1.54, 1.807) is 0 Å². The molecule has 1 aliphatic rings. The predicted molar refractivity (Wildman–Crippen MR) is 235 cm³/mol. The fourth-order valence-corrected chi connectivity index (χ4v) is 9.05. The van der Waals surface area contributed by atoms with Crippen LogP contribution in [0.4, 0.5) is 17.1 Å². The summed E-state index contributed by atoms with van der Waals surface area (Å²) in [6.07, 6.45) is 0. The summed E-state index contributed by atoms with van der Waals surface area (Å²) in [6, 6.07) is 65.1. The molecule has 0 bridgehead atoms. The Balaban J connectivity index is 1.17. The van der Waals surface area contributed by atoms with Crippen molar-refractivity contribution >= 4 is 49.6 Å².